The highest BCUT2D eigenvalue weighted by atomic mass is 79.9. The van der Waals surface area contributed by atoms with Crippen LogP contribution in [0.5, 0.6) is 0 Å². The third kappa shape index (κ3) is 3.77. The molecule has 0 amide bonds. The summed E-state index contributed by atoms with van der Waals surface area (Å²) in [6, 6.07) is 17.0. The third-order valence-corrected chi connectivity index (χ3v) is 4.16. The number of hydrogen-bond donors (Lipinski definition) is 0. The molecular weight excluding hydrogens is 334 g/mol. The fourth-order valence-corrected chi connectivity index (χ4v) is 2.88. The second-order valence-corrected chi connectivity index (χ2v) is 6.11. The summed E-state index contributed by atoms with van der Waals surface area (Å²) in [6.07, 6.45) is 0. The average molecular weight is 353 g/mol. The molecule has 0 aliphatic heterocycles. The van der Waals surface area contributed by atoms with Crippen LogP contribution in [0.15, 0.2) is 48.5 Å². The van der Waals surface area contributed by atoms with Gasteiger partial charge in [0.1, 0.15) is 0 Å². The van der Waals surface area contributed by atoms with Crippen LogP contribution in [0, 0.1) is 0 Å². The molecule has 20 heavy (non-hydrogen) atoms. The number of alkyl halides is 1. The SMILES string of the molecule is CC(C)N(Cc1ccccc1)c1cc(Cl)ccc1CBr. The van der Waals surface area contributed by atoms with Crippen LogP contribution in [0.25, 0.3) is 0 Å². The molecule has 2 aromatic carbocycles. The highest BCUT2D eigenvalue weighted by Gasteiger charge is 2.15. The van der Waals surface area contributed by atoms with E-state index in [0.29, 0.717) is 6.04 Å². The van der Waals surface area contributed by atoms with E-state index in [1.54, 1.807) is 0 Å². The van der Waals surface area contributed by atoms with Crippen molar-refractivity contribution in [2.75, 3.05) is 4.90 Å². The summed E-state index contributed by atoms with van der Waals surface area (Å²) >= 11 is 9.75. The van der Waals surface area contributed by atoms with Crippen molar-refractivity contribution in [2.45, 2.75) is 31.8 Å². The standard InChI is InChI=1S/C17H19BrClN/c1-13(2)20(12-14-6-4-3-5-7-14)17-10-16(19)9-8-15(17)11-18/h3-10,13H,11-12H2,1-2H3. The number of nitrogens with zero attached hydrogens (tertiary/aromatic N) is 1. The molecular formula is C17H19BrClN. The Hall–Kier alpha value is -0.990. The summed E-state index contributed by atoms with van der Waals surface area (Å²) in [7, 11) is 0. The fraction of sp³-hybridized carbons (Fsp3) is 0.294. The molecule has 106 valence electrons. The number of benzene rings is 2. The molecule has 0 aliphatic carbocycles. The molecule has 0 radical (unpaired) electrons. The highest BCUT2D eigenvalue weighted by molar-refractivity contribution is 9.08. The maximum atomic E-state index is 6.18. The van der Waals surface area contributed by atoms with E-state index in [-0.39, 0.29) is 0 Å². The second kappa shape index (κ2) is 7.14. The van der Waals surface area contributed by atoms with Crippen molar-refractivity contribution in [1.82, 2.24) is 0 Å². The van der Waals surface area contributed by atoms with E-state index in [9.17, 15) is 0 Å². The molecule has 0 atom stereocenters. The molecule has 0 saturated heterocycles. The quantitative estimate of drug-likeness (QED) is 0.628. The van der Waals surface area contributed by atoms with Crippen LogP contribution in [0.4, 0.5) is 5.69 Å². The molecule has 0 bridgehead atoms. The maximum absolute atomic E-state index is 6.18. The van der Waals surface area contributed by atoms with Gasteiger partial charge in [0.25, 0.3) is 0 Å². The van der Waals surface area contributed by atoms with Gasteiger partial charge in [-0.15, -0.1) is 0 Å². The Balaban J connectivity index is 2.36. The van der Waals surface area contributed by atoms with E-state index in [2.05, 4.69) is 71.1 Å². The van der Waals surface area contributed by atoms with Crippen molar-refractivity contribution in [3.05, 3.63) is 64.7 Å². The van der Waals surface area contributed by atoms with E-state index >= 15 is 0 Å². The van der Waals surface area contributed by atoms with Gasteiger partial charge in [-0.3, -0.25) is 0 Å². The van der Waals surface area contributed by atoms with Crippen molar-refractivity contribution in [2.24, 2.45) is 0 Å². The molecule has 3 heteroatoms. The first-order valence-corrected chi connectivity index (χ1v) is 8.26. The predicted octanol–water partition coefficient (Wildman–Crippen LogP) is 5.65. The first kappa shape index (κ1) is 15.4. The van der Waals surface area contributed by atoms with Gasteiger partial charge in [0.15, 0.2) is 0 Å². The van der Waals surface area contributed by atoms with Crippen LogP contribution in [-0.4, -0.2) is 6.04 Å². The van der Waals surface area contributed by atoms with E-state index in [1.807, 2.05) is 12.1 Å². The Kier molecular flexibility index (Phi) is 5.50. The van der Waals surface area contributed by atoms with Crippen molar-refractivity contribution in [3.8, 4) is 0 Å². The minimum atomic E-state index is 0.409. The van der Waals surface area contributed by atoms with Crippen molar-refractivity contribution in [1.29, 1.82) is 0 Å². The molecule has 1 nitrogen and oxygen atoms in total. The molecule has 0 N–H and O–H groups in total. The zero-order valence-corrected chi connectivity index (χ0v) is 14.2. The van der Waals surface area contributed by atoms with Gasteiger partial charge in [-0.1, -0.05) is 63.9 Å². The van der Waals surface area contributed by atoms with E-state index in [1.165, 1.54) is 16.8 Å². The lowest BCUT2D eigenvalue weighted by Crippen LogP contribution is -2.30. The van der Waals surface area contributed by atoms with Crippen LogP contribution >= 0.6 is 27.5 Å². The Bertz CT molecular complexity index is 554. The molecule has 2 rings (SSSR count). The van der Waals surface area contributed by atoms with Crippen LogP contribution in [-0.2, 0) is 11.9 Å². The summed E-state index contributed by atoms with van der Waals surface area (Å²) in [5, 5.41) is 1.61. The van der Waals surface area contributed by atoms with E-state index < -0.39 is 0 Å². The molecule has 0 aliphatic rings. The highest BCUT2D eigenvalue weighted by Crippen LogP contribution is 2.29. The van der Waals surface area contributed by atoms with Gasteiger partial charge in [0.05, 0.1) is 0 Å². The lowest BCUT2D eigenvalue weighted by molar-refractivity contribution is 0.680. The van der Waals surface area contributed by atoms with Gasteiger partial charge in [-0.05, 0) is 37.1 Å². The largest absolute Gasteiger partial charge is 0.364 e. The summed E-state index contributed by atoms with van der Waals surface area (Å²) in [4.78, 5) is 2.39. The smallest absolute Gasteiger partial charge is 0.0432 e. The zero-order valence-electron chi connectivity index (χ0n) is 11.8. The summed E-state index contributed by atoms with van der Waals surface area (Å²) in [5.74, 6) is 0. The topological polar surface area (TPSA) is 3.24 Å². The molecule has 2 aromatic rings. The Morgan fingerprint density at radius 2 is 1.80 bits per heavy atom. The summed E-state index contributed by atoms with van der Waals surface area (Å²) in [6.45, 7) is 5.31. The average Bonchev–Trinajstić information content (AvgIpc) is 2.45. The molecule has 0 heterocycles. The van der Waals surface area contributed by atoms with Crippen molar-refractivity contribution in [3.63, 3.8) is 0 Å². The molecule has 0 aromatic heterocycles. The van der Waals surface area contributed by atoms with Crippen LogP contribution in [0.1, 0.15) is 25.0 Å². The van der Waals surface area contributed by atoms with Crippen molar-refractivity contribution < 1.29 is 0 Å². The van der Waals surface area contributed by atoms with Crippen LogP contribution < -0.4 is 4.90 Å². The van der Waals surface area contributed by atoms with Gasteiger partial charge in [0, 0.05) is 28.6 Å². The normalized spacial score (nSPS) is 10.8. The maximum Gasteiger partial charge on any atom is 0.0432 e. The molecule has 0 saturated carbocycles. The van der Waals surface area contributed by atoms with E-state index in [0.717, 1.165) is 16.9 Å². The minimum absolute atomic E-state index is 0.409. The van der Waals surface area contributed by atoms with Gasteiger partial charge in [0.2, 0.25) is 0 Å². The Labute approximate surface area is 134 Å². The summed E-state index contributed by atoms with van der Waals surface area (Å²) < 4.78 is 0. The van der Waals surface area contributed by atoms with Crippen LogP contribution in [0.3, 0.4) is 0 Å². The predicted molar refractivity (Wildman–Crippen MR) is 91.8 cm³/mol. The minimum Gasteiger partial charge on any atom is -0.364 e. The number of anilines is 1. The lowest BCUT2D eigenvalue weighted by atomic mass is 10.1. The van der Waals surface area contributed by atoms with Crippen molar-refractivity contribution >= 4 is 33.2 Å². The van der Waals surface area contributed by atoms with Gasteiger partial charge in [-0.2, -0.15) is 0 Å². The third-order valence-electron chi connectivity index (χ3n) is 3.32. The number of rotatable bonds is 5. The van der Waals surface area contributed by atoms with Gasteiger partial charge >= 0.3 is 0 Å². The number of hydrogen-bond acceptors (Lipinski definition) is 1. The Morgan fingerprint density at radius 1 is 1.10 bits per heavy atom. The van der Waals surface area contributed by atoms with Crippen LogP contribution in [0.2, 0.25) is 5.02 Å². The summed E-state index contributed by atoms with van der Waals surface area (Å²) in [5.41, 5.74) is 3.77. The second-order valence-electron chi connectivity index (χ2n) is 5.11. The Morgan fingerprint density at radius 3 is 2.40 bits per heavy atom. The zero-order chi connectivity index (χ0) is 14.5. The number of halogens is 2. The first-order valence-electron chi connectivity index (χ1n) is 6.76. The first-order chi connectivity index (χ1) is 9.61. The molecule has 0 fully saturated rings. The van der Waals surface area contributed by atoms with Gasteiger partial charge < -0.3 is 4.90 Å². The van der Waals surface area contributed by atoms with E-state index in [4.69, 9.17) is 11.6 Å². The fourth-order valence-electron chi connectivity index (χ4n) is 2.24. The molecule has 0 spiro atoms. The lowest BCUT2D eigenvalue weighted by Gasteiger charge is -2.31. The molecule has 0 unspecified atom stereocenters. The van der Waals surface area contributed by atoms with Gasteiger partial charge in [-0.25, -0.2) is 0 Å². The monoisotopic (exact) mass is 351 g/mol.